The van der Waals surface area contributed by atoms with Crippen LogP contribution in [0.3, 0.4) is 0 Å². The molecule has 3 rings (SSSR count). The van der Waals surface area contributed by atoms with Crippen molar-refractivity contribution >= 4 is 5.95 Å². The lowest BCUT2D eigenvalue weighted by Crippen LogP contribution is -2.55. The molecule has 2 aromatic rings. The number of nitrogens with zero attached hydrogens (tertiary/aromatic N) is 3. The highest BCUT2D eigenvalue weighted by Gasteiger charge is 2.26. The summed E-state index contributed by atoms with van der Waals surface area (Å²) < 4.78 is 0. The van der Waals surface area contributed by atoms with Gasteiger partial charge in [-0.15, -0.1) is 0 Å². The van der Waals surface area contributed by atoms with Crippen LogP contribution in [0.15, 0.2) is 42.6 Å². The van der Waals surface area contributed by atoms with E-state index in [1.54, 1.807) is 0 Å². The Balaban J connectivity index is 1.95. The van der Waals surface area contributed by atoms with Crippen molar-refractivity contribution in [2.24, 2.45) is 0 Å². The fourth-order valence-electron chi connectivity index (χ4n) is 2.77. The van der Waals surface area contributed by atoms with Crippen LogP contribution in [0.4, 0.5) is 5.95 Å². The van der Waals surface area contributed by atoms with Crippen molar-refractivity contribution in [2.45, 2.75) is 25.9 Å². The normalized spacial score (nSPS) is 22.8. The Labute approximate surface area is 119 Å². The molecule has 104 valence electrons. The average Bonchev–Trinajstić information content (AvgIpc) is 2.48. The number of rotatable bonds is 2. The summed E-state index contributed by atoms with van der Waals surface area (Å²) in [4.78, 5) is 11.5. The lowest BCUT2D eigenvalue weighted by Gasteiger charge is -2.39. The zero-order valence-corrected chi connectivity index (χ0v) is 12.0. The van der Waals surface area contributed by atoms with E-state index in [1.807, 2.05) is 30.5 Å². The summed E-state index contributed by atoms with van der Waals surface area (Å²) in [7, 11) is 0. The molecule has 4 nitrogen and oxygen atoms in total. The van der Waals surface area contributed by atoms with Crippen LogP contribution in [0.25, 0.3) is 11.3 Å². The lowest BCUT2D eigenvalue weighted by atomic mass is 10.1. The molecule has 1 N–H and O–H groups in total. The summed E-state index contributed by atoms with van der Waals surface area (Å²) in [6.45, 7) is 6.37. The van der Waals surface area contributed by atoms with Crippen LogP contribution in [0.5, 0.6) is 0 Å². The summed E-state index contributed by atoms with van der Waals surface area (Å²) in [5.74, 6) is 0.827. The van der Waals surface area contributed by atoms with Gasteiger partial charge >= 0.3 is 0 Å². The number of hydrogen-bond acceptors (Lipinski definition) is 4. The first-order valence-electron chi connectivity index (χ1n) is 7.13. The molecular weight excluding hydrogens is 248 g/mol. The van der Waals surface area contributed by atoms with Crippen molar-refractivity contribution in [1.29, 1.82) is 0 Å². The molecule has 1 aromatic heterocycles. The maximum atomic E-state index is 4.75. The second-order valence-electron chi connectivity index (χ2n) is 5.37. The first kappa shape index (κ1) is 13.1. The SMILES string of the molecule is C[C@@H]1CNC[C@H](C)N1c1nccc(-c2ccccc2)n1. The van der Waals surface area contributed by atoms with E-state index in [4.69, 9.17) is 4.98 Å². The highest BCUT2D eigenvalue weighted by molar-refractivity contribution is 5.60. The molecule has 0 amide bonds. The van der Waals surface area contributed by atoms with Crippen molar-refractivity contribution in [3.05, 3.63) is 42.6 Å². The van der Waals surface area contributed by atoms with Crippen molar-refractivity contribution < 1.29 is 0 Å². The zero-order chi connectivity index (χ0) is 13.9. The van der Waals surface area contributed by atoms with Crippen LogP contribution < -0.4 is 10.2 Å². The lowest BCUT2D eigenvalue weighted by molar-refractivity contribution is 0.425. The quantitative estimate of drug-likeness (QED) is 0.907. The monoisotopic (exact) mass is 268 g/mol. The third kappa shape index (κ3) is 2.51. The van der Waals surface area contributed by atoms with Gasteiger partial charge in [0.15, 0.2) is 0 Å². The molecule has 1 fully saturated rings. The molecule has 20 heavy (non-hydrogen) atoms. The van der Waals surface area contributed by atoms with E-state index in [1.165, 1.54) is 0 Å². The minimum Gasteiger partial charge on any atom is -0.333 e. The van der Waals surface area contributed by atoms with Gasteiger partial charge in [0, 0.05) is 36.9 Å². The van der Waals surface area contributed by atoms with Gasteiger partial charge in [-0.25, -0.2) is 9.97 Å². The Morgan fingerprint density at radius 3 is 2.45 bits per heavy atom. The Kier molecular flexibility index (Phi) is 3.65. The molecule has 1 aliphatic rings. The van der Waals surface area contributed by atoms with Crippen LogP contribution in [0.2, 0.25) is 0 Å². The highest BCUT2D eigenvalue weighted by Crippen LogP contribution is 2.22. The van der Waals surface area contributed by atoms with E-state index >= 15 is 0 Å². The van der Waals surface area contributed by atoms with E-state index in [0.29, 0.717) is 12.1 Å². The van der Waals surface area contributed by atoms with Crippen LogP contribution >= 0.6 is 0 Å². The second kappa shape index (κ2) is 5.59. The molecule has 0 spiro atoms. The molecule has 0 aliphatic carbocycles. The van der Waals surface area contributed by atoms with Crippen molar-refractivity contribution in [3.63, 3.8) is 0 Å². The Hall–Kier alpha value is -1.94. The maximum Gasteiger partial charge on any atom is 0.226 e. The predicted molar refractivity (Wildman–Crippen MR) is 81.7 cm³/mol. The van der Waals surface area contributed by atoms with Gasteiger partial charge in [-0.05, 0) is 19.9 Å². The van der Waals surface area contributed by atoms with E-state index in [-0.39, 0.29) is 0 Å². The standard InChI is InChI=1S/C16H20N4/c1-12-10-17-11-13(2)20(12)16-18-9-8-15(19-16)14-6-4-3-5-7-14/h3-9,12-13,17H,10-11H2,1-2H3/t12-,13+. The summed E-state index contributed by atoms with van der Waals surface area (Å²) >= 11 is 0. The van der Waals surface area contributed by atoms with E-state index in [9.17, 15) is 0 Å². The molecule has 1 saturated heterocycles. The van der Waals surface area contributed by atoms with Gasteiger partial charge in [-0.1, -0.05) is 30.3 Å². The Bertz CT molecular complexity index is 560. The number of benzene rings is 1. The Morgan fingerprint density at radius 2 is 1.75 bits per heavy atom. The second-order valence-corrected chi connectivity index (χ2v) is 5.37. The van der Waals surface area contributed by atoms with Gasteiger partial charge in [-0.3, -0.25) is 0 Å². The Morgan fingerprint density at radius 1 is 1.05 bits per heavy atom. The van der Waals surface area contributed by atoms with E-state index < -0.39 is 0 Å². The minimum absolute atomic E-state index is 0.407. The smallest absolute Gasteiger partial charge is 0.226 e. The van der Waals surface area contributed by atoms with Crippen LogP contribution in [0, 0.1) is 0 Å². The molecule has 1 aliphatic heterocycles. The molecule has 2 heterocycles. The van der Waals surface area contributed by atoms with Gasteiger partial charge in [0.1, 0.15) is 0 Å². The molecular formula is C16H20N4. The number of piperazine rings is 1. The molecule has 0 unspecified atom stereocenters. The molecule has 1 aromatic carbocycles. The van der Waals surface area contributed by atoms with Crippen molar-refractivity contribution in [2.75, 3.05) is 18.0 Å². The topological polar surface area (TPSA) is 41.0 Å². The predicted octanol–water partition coefficient (Wildman–Crippen LogP) is 2.33. The highest BCUT2D eigenvalue weighted by atomic mass is 15.3. The molecule has 0 saturated carbocycles. The number of hydrogen-bond donors (Lipinski definition) is 1. The van der Waals surface area contributed by atoms with E-state index in [2.05, 4.69) is 41.2 Å². The fraction of sp³-hybridized carbons (Fsp3) is 0.375. The van der Waals surface area contributed by atoms with Crippen molar-refractivity contribution in [3.8, 4) is 11.3 Å². The van der Waals surface area contributed by atoms with Crippen molar-refractivity contribution in [1.82, 2.24) is 15.3 Å². The van der Waals surface area contributed by atoms with Gasteiger partial charge in [0.2, 0.25) is 5.95 Å². The summed E-state index contributed by atoms with van der Waals surface area (Å²) in [5.41, 5.74) is 2.11. The average molecular weight is 268 g/mol. The first-order valence-corrected chi connectivity index (χ1v) is 7.13. The van der Waals surface area contributed by atoms with Gasteiger partial charge < -0.3 is 10.2 Å². The number of aromatic nitrogens is 2. The van der Waals surface area contributed by atoms with Gasteiger partial charge in [0.25, 0.3) is 0 Å². The number of nitrogens with one attached hydrogen (secondary N) is 1. The number of anilines is 1. The van der Waals surface area contributed by atoms with E-state index in [0.717, 1.165) is 30.3 Å². The van der Waals surface area contributed by atoms with Crippen LogP contribution in [-0.2, 0) is 0 Å². The van der Waals surface area contributed by atoms with Gasteiger partial charge in [0.05, 0.1) is 5.69 Å². The molecule has 0 bridgehead atoms. The van der Waals surface area contributed by atoms with Crippen LogP contribution in [0.1, 0.15) is 13.8 Å². The minimum atomic E-state index is 0.407. The summed E-state index contributed by atoms with van der Waals surface area (Å²) in [6.07, 6.45) is 1.85. The zero-order valence-electron chi connectivity index (χ0n) is 12.0. The molecule has 4 heteroatoms. The van der Waals surface area contributed by atoms with Gasteiger partial charge in [-0.2, -0.15) is 0 Å². The largest absolute Gasteiger partial charge is 0.333 e. The maximum absolute atomic E-state index is 4.75. The van der Waals surface area contributed by atoms with Crippen LogP contribution in [-0.4, -0.2) is 35.1 Å². The molecule has 0 radical (unpaired) electrons. The third-order valence-electron chi connectivity index (χ3n) is 3.77. The summed E-state index contributed by atoms with van der Waals surface area (Å²) in [6, 6.07) is 13.0. The molecule has 2 atom stereocenters. The fourth-order valence-corrected chi connectivity index (χ4v) is 2.77. The third-order valence-corrected chi connectivity index (χ3v) is 3.77. The summed E-state index contributed by atoms with van der Waals surface area (Å²) in [5, 5.41) is 3.43. The first-order chi connectivity index (χ1) is 9.75.